The number of benzene rings is 1. The fraction of sp³-hybridized carbons (Fsp3) is 0.100. The molecule has 0 amide bonds. The second-order valence-electron chi connectivity index (χ2n) is 2.80. The molecule has 1 aromatic heterocycles. The molecule has 0 saturated carbocycles. The molecule has 0 aliphatic rings. The lowest BCUT2D eigenvalue weighted by Crippen LogP contribution is -1.86. The predicted molar refractivity (Wildman–Crippen MR) is 59.5 cm³/mol. The number of rotatable bonds is 1. The van der Waals surface area contributed by atoms with Gasteiger partial charge in [0.25, 0.3) is 0 Å². The zero-order valence-corrected chi connectivity index (χ0v) is 9.41. The van der Waals surface area contributed by atoms with Gasteiger partial charge in [-0.15, -0.1) is 11.3 Å². The molecule has 0 unspecified atom stereocenters. The predicted octanol–water partition coefficient (Wildman–Crippen LogP) is 3.87. The fourth-order valence-electron chi connectivity index (χ4n) is 1.24. The first-order chi connectivity index (χ1) is 6.20. The molecule has 0 saturated heterocycles. The number of ketones is 1. The Labute approximate surface area is 88.5 Å². The lowest BCUT2D eigenvalue weighted by Gasteiger charge is -1.89. The van der Waals surface area contributed by atoms with E-state index < -0.39 is 0 Å². The van der Waals surface area contributed by atoms with Crippen molar-refractivity contribution in [1.29, 1.82) is 0 Å². The average Bonchev–Trinajstić information content (AvgIpc) is 2.45. The summed E-state index contributed by atoms with van der Waals surface area (Å²) in [5.74, 6) is 0.119. The van der Waals surface area contributed by atoms with Gasteiger partial charge in [-0.1, -0.05) is 18.2 Å². The first-order valence-electron chi connectivity index (χ1n) is 3.88. The molecule has 0 atom stereocenters. The number of hydrogen-bond donors (Lipinski definition) is 0. The molecule has 0 radical (unpaired) electrons. The average molecular weight is 255 g/mol. The van der Waals surface area contributed by atoms with E-state index in [1.54, 1.807) is 6.92 Å². The summed E-state index contributed by atoms with van der Waals surface area (Å²) in [6.07, 6.45) is 0. The van der Waals surface area contributed by atoms with E-state index in [0.717, 1.165) is 19.4 Å². The minimum atomic E-state index is 0.119. The van der Waals surface area contributed by atoms with E-state index in [2.05, 4.69) is 15.9 Å². The summed E-state index contributed by atoms with van der Waals surface area (Å²) in [5, 5.41) is 1.12. The SMILES string of the molecule is CC(=O)c1sc2ccccc2c1Br. The Kier molecular flexibility index (Phi) is 2.22. The van der Waals surface area contributed by atoms with E-state index in [4.69, 9.17) is 0 Å². The third kappa shape index (κ3) is 1.42. The number of fused-ring (bicyclic) bond motifs is 1. The number of halogens is 1. The van der Waals surface area contributed by atoms with Gasteiger partial charge in [0.05, 0.1) is 4.88 Å². The molecule has 2 aromatic rings. The molecule has 2 rings (SSSR count). The maximum Gasteiger partial charge on any atom is 0.170 e. The molecular formula is C10H7BrOS. The second-order valence-corrected chi connectivity index (χ2v) is 4.64. The van der Waals surface area contributed by atoms with Crippen molar-refractivity contribution in [2.24, 2.45) is 0 Å². The van der Waals surface area contributed by atoms with Crippen LogP contribution in [0.3, 0.4) is 0 Å². The van der Waals surface area contributed by atoms with Crippen molar-refractivity contribution < 1.29 is 4.79 Å². The van der Waals surface area contributed by atoms with Gasteiger partial charge >= 0.3 is 0 Å². The Balaban J connectivity index is 2.81. The summed E-state index contributed by atoms with van der Waals surface area (Å²) < 4.78 is 2.08. The third-order valence-electron chi connectivity index (χ3n) is 1.85. The van der Waals surface area contributed by atoms with Gasteiger partial charge < -0.3 is 0 Å². The van der Waals surface area contributed by atoms with Crippen LogP contribution in [0.4, 0.5) is 0 Å². The van der Waals surface area contributed by atoms with Crippen molar-refractivity contribution in [1.82, 2.24) is 0 Å². The maximum absolute atomic E-state index is 11.2. The molecular weight excluding hydrogens is 248 g/mol. The first-order valence-corrected chi connectivity index (χ1v) is 5.49. The van der Waals surface area contributed by atoms with Crippen LogP contribution in [0, 0.1) is 0 Å². The van der Waals surface area contributed by atoms with Gasteiger partial charge in [-0.05, 0) is 28.9 Å². The normalized spacial score (nSPS) is 10.6. The van der Waals surface area contributed by atoms with Gasteiger partial charge in [-0.3, -0.25) is 4.79 Å². The van der Waals surface area contributed by atoms with Crippen LogP contribution in [0.2, 0.25) is 0 Å². The number of carbonyl (C=O) groups is 1. The van der Waals surface area contributed by atoms with Crippen LogP contribution < -0.4 is 0 Å². The molecule has 66 valence electrons. The number of Topliss-reactive ketones (excluding diaryl/α,β-unsaturated/α-hetero) is 1. The molecule has 1 aromatic carbocycles. The van der Waals surface area contributed by atoms with E-state index in [1.165, 1.54) is 11.3 Å². The van der Waals surface area contributed by atoms with Crippen molar-refractivity contribution in [3.05, 3.63) is 33.6 Å². The maximum atomic E-state index is 11.2. The summed E-state index contributed by atoms with van der Waals surface area (Å²) in [7, 11) is 0. The van der Waals surface area contributed by atoms with E-state index in [1.807, 2.05) is 24.3 Å². The van der Waals surface area contributed by atoms with Crippen molar-refractivity contribution in [2.45, 2.75) is 6.92 Å². The lowest BCUT2D eigenvalue weighted by atomic mass is 10.2. The third-order valence-corrected chi connectivity index (χ3v) is 4.21. The highest BCUT2D eigenvalue weighted by molar-refractivity contribution is 9.10. The Morgan fingerprint density at radius 3 is 2.69 bits per heavy atom. The van der Waals surface area contributed by atoms with E-state index in [0.29, 0.717) is 0 Å². The highest BCUT2D eigenvalue weighted by atomic mass is 79.9. The van der Waals surface area contributed by atoms with Crippen molar-refractivity contribution >= 4 is 43.1 Å². The Morgan fingerprint density at radius 1 is 1.38 bits per heavy atom. The van der Waals surface area contributed by atoms with E-state index >= 15 is 0 Å². The van der Waals surface area contributed by atoms with Gasteiger partial charge in [0.15, 0.2) is 5.78 Å². The molecule has 0 spiro atoms. The topological polar surface area (TPSA) is 17.1 Å². The van der Waals surface area contributed by atoms with Crippen molar-refractivity contribution in [2.75, 3.05) is 0 Å². The molecule has 0 N–H and O–H groups in total. The summed E-state index contributed by atoms with van der Waals surface area (Å²) >= 11 is 4.98. The Hall–Kier alpha value is -0.670. The minimum Gasteiger partial charge on any atom is -0.294 e. The highest BCUT2D eigenvalue weighted by Crippen LogP contribution is 2.35. The van der Waals surface area contributed by atoms with Gasteiger partial charge in [0.2, 0.25) is 0 Å². The standard InChI is InChI=1S/C10H7BrOS/c1-6(12)10-9(11)7-4-2-3-5-8(7)13-10/h2-5H,1H3. The zero-order valence-electron chi connectivity index (χ0n) is 7.00. The van der Waals surface area contributed by atoms with Crippen LogP contribution in [-0.4, -0.2) is 5.78 Å². The van der Waals surface area contributed by atoms with Crippen molar-refractivity contribution in [3.8, 4) is 0 Å². The Morgan fingerprint density at radius 2 is 2.08 bits per heavy atom. The lowest BCUT2D eigenvalue weighted by molar-refractivity contribution is 0.102. The van der Waals surface area contributed by atoms with Crippen LogP contribution in [0.1, 0.15) is 16.6 Å². The zero-order chi connectivity index (χ0) is 9.42. The smallest absolute Gasteiger partial charge is 0.170 e. The van der Waals surface area contributed by atoms with Gasteiger partial charge in [0, 0.05) is 14.6 Å². The molecule has 0 aliphatic carbocycles. The van der Waals surface area contributed by atoms with Crippen LogP contribution in [0.15, 0.2) is 28.7 Å². The summed E-state index contributed by atoms with van der Waals surface area (Å²) in [6.45, 7) is 1.59. The number of thiophene rings is 1. The highest BCUT2D eigenvalue weighted by Gasteiger charge is 2.11. The van der Waals surface area contributed by atoms with E-state index in [-0.39, 0.29) is 5.78 Å². The molecule has 1 heterocycles. The van der Waals surface area contributed by atoms with Gasteiger partial charge in [-0.2, -0.15) is 0 Å². The van der Waals surface area contributed by atoms with Crippen molar-refractivity contribution in [3.63, 3.8) is 0 Å². The van der Waals surface area contributed by atoms with Crippen LogP contribution in [0.5, 0.6) is 0 Å². The molecule has 13 heavy (non-hydrogen) atoms. The largest absolute Gasteiger partial charge is 0.294 e. The summed E-state index contributed by atoms with van der Waals surface area (Å²) in [5.41, 5.74) is 0. The number of carbonyl (C=O) groups excluding carboxylic acids is 1. The van der Waals surface area contributed by atoms with Crippen LogP contribution in [0.25, 0.3) is 10.1 Å². The minimum absolute atomic E-state index is 0.119. The molecule has 3 heteroatoms. The summed E-state index contributed by atoms with van der Waals surface area (Å²) in [6, 6.07) is 8.00. The van der Waals surface area contributed by atoms with Gasteiger partial charge in [0.1, 0.15) is 0 Å². The van der Waals surface area contributed by atoms with E-state index in [9.17, 15) is 4.79 Å². The first kappa shape index (κ1) is 8.91. The summed E-state index contributed by atoms with van der Waals surface area (Å²) in [4.78, 5) is 12.0. The number of hydrogen-bond acceptors (Lipinski definition) is 2. The Bertz CT molecular complexity index is 473. The molecule has 0 bridgehead atoms. The fourth-order valence-corrected chi connectivity index (χ4v) is 3.23. The quantitative estimate of drug-likeness (QED) is 0.707. The second kappa shape index (κ2) is 3.24. The van der Waals surface area contributed by atoms with Gasteiger partial charge in [-0.25, -0.2) is 0 Å². The molecule has 0 aliphatic heterocycles. The van der Waals surface area contributed by atoms with Crippen LogP contribution >= 0.6 is 27.3 Å². The monoisotopic (exact) mass is 254 g/mol. The molecule has 0 fully saturated rings. The van der Waals surface area contributed by atoms with Crippen LogP contribution in [-0.2, 0) is 0 Å². The molecule has 1 nitrogen and oxygen atoms in total.